The lowest BCUT2D eigenvalue weighted by atomic mass is 9.47. The Balaban J connectivity index is 1.96. The van der Waals surface area contributed by atoms with E-state index in [4.69, 9.17) is 4.99 Å². The molecule has 1 aliphatic heterocycles. The molecule has 23 heavy (non-hydrogen) atoms. The molecule has 1 N–H and O–H groups in total. The van der Waals surface area contributed by atoms with E-state index in [0.717, 1.165) is 12.8 Å². The van der Waals surface area contributed by atoms with Crippen LogP contribution in [-0.4, -0.2) is 28.2 Å². The van der Waals surface area contributed by atoms with E-state index in [2.05, 4.69) is 26.8 Å². The molecule has 2 saturated carbocycles. The van der Waals surface area contributed by atoms with Gasteiger partial charge in [-0.05, 0) is 67.9 Å². The standard InChI is InChI=1S/C20H31NO2/c1-17(2)9-6-10-19(5)14(17)7-11-20(15(19)8-12-21-20)13-16(22)18(3,4)23/h8,12,14,23H,6-7,9-11,13H2,1-5H3/t14-,19-,20-/m1/s1. The number of Topliss-reactive ketones (excluding diaryl/α,β-unsaturated/α-hetero) is 1. The molecule has 1 heterocycles. The van der Waals surface area contributed by atoms with Crippen LogP contribution in [0.5, 0.6) is 0 Å². The Labute approximate surface area is 140 Å². The third-order valence-corrected chi connectivity index (χ3v) is 6.89. The summed E-state index contributed by atoms with van der Waals surface area (Å²) in [5.41, 5.74) is 0.169. The van der Waals surface area contributed by atoms with E-state index in [1.165, 1.54) is 24.8 Å². The van der Waals surface area contributed by atoms with Crippen LogP contribution in [0.1, 0.15) is 73.1 Å². The maximum Gasteiger partial charge on any atom is 0.166 e. The lowest BCUT2D eigenvalue weighted by molar-refractivity contribution is -0.135. The van der Waals surface area contributed by atoms with Gasteiger partial charge in [0.05, 0.1) is 5.54 Å². The average molecular weight is 317 g/mol. The van der Waals surface area contributed by atoms with Crippen molar-refractivity contribution >= 4 is 12.0 Å². The highest BCUT2D eigenvalue weighted by Gasteiger charge is 2.58. The van der Waals surface area contributed by atoms with Crippen LogP contribution in [0, 0.1) is 16.7 Å². The first-order chi connectivity index (χ1) is 10.5. The van der Waals surface area contributed by atoms with Crippen LogP contribution in [0.4, 0.5) is 0 Å². The molecule has 0 bridgehead atoms. The maximum absolute atomic E-state index is 12.5. The van der Waals surface area contributed by atoms with Gasteiger partial charge < -0.3 is 5.11 Å². The molecular formula is C20H31NO2. The molecule has 0 saturated heterocycles. The molecule has 2 aliphatic carbocycles. The zero-order valence-electron chi connectivity index (χ0n) is 15.3. The van der Waals surface area contributed by atoms with Gasteiger partial charge in [-0.3, -0.25) is 9.79 Å². The second-order valence-electron chi connectivity index (χ2n) is 9.40. The number of fused-ring (bicyclic) bond motifs is 3. The summed E-state index contributed by atoms with van der Waals surface area (Å²) in [6, 6.07) is 0. The molecular weight excluding hydrogens is 286 g/mol. The number of allylic oxidation sites excluding steroid dienone is 1. The highest BCUT2D eigenvalue weighted by Crippen LogP contribution is 2.63. The highest BCUT2D eigenvalue weighted by atomic mass is 16.3. The Bertz CT molecular complexity index is 581. The zero-order valence-corrected chi connectivity index (χ0v) is 15.3. The van der Waals surface area contributed by atoms with Crippen molar-refractivity contribution < 1.29 is 9.90 Å². The lowest BCUT2D eigenvalue weighted by Gasteiger charge is -2.58. The monoisotopic (exact) mass is 317 g/mol. The fraction of sp³-hybridized carbons (Fsp3) is 0.800. The zero-order chi connectivity index (χ0) is 17.1. The number of carbonyl (C=O) groups excluding carboxylic acids is 1. The van der Waals surface area contributed by atoms with Gasteiger partial charge in [-0.15, -0.1) is 0 Å². The average Bonchev–Trinajstić information content (AvgIpc) is 2.81. The van der Waals surface area contributed by atoms with E-state index < -0.39 is 11.1 Å². The molecule has 3 atom stereocenters. The number of hydrogen-bond donors (Lipinski definition) is 1. The van der Waals surface area contributed by atoms with Gasteiger partial charge in [-0.25, -0.2) is 0 Å². The molecule has 3 rings (SSSR count). The summed E-state index contributed by atoms with van der Waals surface area (Å²) < 4.78 is 0. The molecule has 0 radical (unpaired) electrons. The van der Waals surface area contributed by atoms with E-state index >= 15 is 0 Å². The molecule has 0 spiro atoms. The number of carbonyl (C=O) groups is 1. The Morgan fingerprint density at radius 3 is 2.65 bits per heavy atom. The third-order valence-electron chi connectivity index (χ3n) is 6.89. The van der Waals surface area contributed by atoms with E-state index in [1.54, 1.807) is 13.8 Å². The second kappa shape index (κ2) is 5.02. The normalized spacial score (nSPS) is 38.7. The van der Waals surface area contributed by atoms with Crippen LogP contribution in [0.15, 0.2) is 16.6 Å². The molecule has 0 aromatic heterocycles. The van der Waals surface area contributed by atoms with E-state index in [9.17, 15) is 9.90 Å². The van der Waals surface area contributed by atoms with Crippen LogP contribution in [0.25, 0.3) is 0 Å². The predicted octanol–water partition coefficient (Wildman–Crippen LogP) is 4.09. The molecule has 0 amide bonds. The number of rotatable bonds is 3. The number of nitrogens with zero attached hydrogens (tertiary/aromatic N) is 1. The third kappa shape index (κ3) is 2.52. The molecule has 0 aromatic rings. The maximum atomic E-state index is 12.5. The van der Waals surface area contributed by atoms with Crippen molar-refractivity contribution in [3.05, 3.63) is 11.6 Å². The van der Waals surface area contributed by atoms with Gasteiger partial charge in [-0.1, -0.05) is 27.2 Å². The molecule has 2 fully saturated rings. The van der Waals surface area contributed by atoms with Crippen LogP contribution < -0.4 is 0 Å². The smallest absolute Gasteiger partial charge is 0.166 e. The first-order valence-corrected chi connectivity index (χ1v) is 9.03. The second-order valence-corrected chi connectivity index (χ2v) is 9.40. The van der Waals surface area contributed by atoms with Gasteiger partial charge in [0.2, 0.25) is 0 Å². The van der Waals surface area contributed by atoms with Gasteiger partial charge >= 0.3 is 0 Å². The lowest BCUT2D eigenvalue weighted by Crippen LogP contribution is -2.53. The van der Waals surface area contributed by atoms with Crippen molar-refractivity contribution in [2.45, 2.75) is 84.3 Å². The number of aliphatic hydroxyl groups is 1. The Morgan fingerprint density at radius 1 is 1.30 bits per heavy atom. The largest absolute Gasteiger partial charge is 0.383 e. The molecule has 0 aromatic carbocycles. The minimum Gasteiger partial charge on any atom is -0.383 e. The molecule has 128 valence electrons. The summed E-state index contributed by atoms with van der Waals surface area (Å²) in [7, 11) is 0. The van der Waals surface area contributed by atoms with E-state index in [-0.39, 0.29) is 11.2 Å². The number of ketones is 1. The number of hydrogen-bond acceptors (Lipinski definition) is 3. The van der Waals surface area contributed by atoms with Crippen LogP contribution in [-0.2, 0) is 4.79 Å². The molecule has 3 heteroatoms. The van der Waals surface area contributed by atoms with Crippen LogP contribution in [0.3, 0.4) is 0 Å². The number of aliphatic imine (C=N–C) groups is 1. The van der Waals surface area contributed by atoms with Crippen molar-refractivity contribution in [1.82, 2.24) is 0 Å². The summed E-state index contributed by atoms with van der Waals surface area (Å²) in [5.74, 6) is 0.557. The van der Waals surface area contributed by atoms with E-state index in [1.807, 2.05) is 6.21 Å². The summed E-state index contributed by atoms with van der Waals surface area (Å²) in [4.78, 5) is 17.3. The minimum absolute atomic E-state index is 0.0976. The van der Waals surface area contributed by atoms with Gasteiger partial charge in [-0.2, -0.15) is 0 Å². The summed E-state index contributed by atoms with van der Waals surface area (Å²) in [6.07, 6.45) is 10.2. The summed E-state index contributed by atoms with van der Waals surface area (Å²) in [6.45, 7) is 10.4. The van der Waals surface area contributed by atoms with Crippen LogP contribution in [0.2, 0.25) is 0 Å². The first-order valence-electron chi connectivity index (χ1n) is 9.03. The van der Waals surface area contributed by atoms with Gasteiger partial charge in [0.15, 0.2) is 5.78 Å². The Hall–Kier alpha value is -0.960. The summed E-state index contributed by atoms with van der Waals surface area (Å²) in [5, 5.41) is 10.1. The quantitative estimate of drug-likeness (QED) is 0.852. The molecule has 3 aliphatic rings. The van der Waals surface area contributed by atoms with Gasteiger partial charge in [0, 0.05) is 12.6 Å². The Kier molecular flexibility index (Phi) is 3.68. The van der Waals surface area contributed by atoms with Crippen molar-refractivity contribution in [3.8, 4) is 0 Å². The Morgan fingerprint density at radius 2 is 2.00 bits per heavy atom. The summed E-state index contributed by atoms with van der Waals surface area (Å²) >= 11 is 0. The fourth-order valence-corrected chi connectivity index (χ4v) is 5.65. The molecule has 3 nitrogen and oxygen atoms in total. The first kappa shape index (κ1) is 16.9. The van der Waals surface area contributed by atoms with E-state index in [0.29, 0.717) is 17.8 Å². The van der Waals surface area contributed by atoms with Gasteiger partial charge in [0.1, 0.15) is 5.60 Å². The SMILES string of the molecule is CC(C)(O)C(=O)C[C@]12CC[C@@H]3C(C)(C)CCC[C@@]3(C)C1=CC=N2. The predicted molar refractivity (Wildman–Crippen MR) is 93.7 cm³/mol. The van der Waals surface area contributed by atoms with Crippen molar-refractivity contribution in [3.63, 3.8) is 0 Å². The van der Waals surface area contributed by atoms with Crippen LogP contribution >= 0.6 is 0 Å². The van der Waals surface area contributed by atoms with Crippen molar-refractivity contribution in [2.75, 3.05) is 0 Å². The fourth-order valence-electron chi connectivity index (χ4n) is 5.65. The minimum atomic E-state index is -1.28. The van der Waals surface area contributed by atoms with Gasteiger partial charge in [0.25, 0.3) is 0 Å². The van der Waals surface area contributed by atoms with Crippen molar-refractivity contribution in [1.29, 1.82) is 0 Å². The van der Waals surface area contributed by atoms with Crippen molar-refractivity contribution in [2.24, 2.45) is 21.7 Å². The highest BCUT2D eigenvalue weighted by molar-refractivity contribution is 5.89. The topological polar surface area (TPSA) is 49.7 Å². The molecule has 0 unspecified atom stereocenters.